The first-order chi connectivity index (χ1) is 5.59. The maximum Gasteiger partial charge on any atom is 0.0543 e. The van der Waals surface area contributed by atoms with E-state index in [0.29, 0.717) is 5.25 Å². The van der Waals surface area contributed by atoms with Crippen LogP contribution < -0.4 is 5.73 Å². The Morgan fingerprint density at radius 3 is 2.67 bits per heavy atom. The van der Waals surface area contributed by atoms with Crippen LogP contribution in [0.4, 0.5) is 5.69 Å². The molecule has 3 heteroatoms. The normalized spacial score (nSPS) is 10.7. The molecule has 0 heterocycles. The quantitative estimate of drug-likeness (QED) is 0.586. The van der Waals surface area contributed by atoms with Gasteiger partial charge >= 0.3 is 0 Å². The molecule has 0 aliphatic heterocycles. The maximum atomic E-state index is 5.96. The van der Waals surface area contributed by atoms with E-state index in [4.69, 9.17) is 17.3 Å². The zero-order valence-corrected chi connectivity index (χ0v) is 8.75. The molecule has 0 fully saturated rings. The van der Waals surface area contributed by atoms with Gasteiger partial charge in [-0.05, 0) is 18.2 Å². The van der Waals surface area contributed by atoms with E-state index < -0.39 is 0 Å². The van der Waals surface area contributed by atoms with Crippen LogP contribution in [0.5, 0.6) is 0 Å². The van der Waals surface area contributed by atoms with Gasteiger partial charge in [-0.15, -0.1) is 11.8 Å². The number of thioether (sulfide) groups is 1. The molecule has 0 unspecified atom stereocenters. The summed E-state index contributed by atoms with van der Waals surface area (Å²) < 4.78 is 0. The summed E-state index contributed by atoms with van der Waals surface area (Å²) in [5.41, 5.74) is 6.40. The minimum absolute atomic E-state index is 0.532. The van der Waals surface area contributed by atoms with Crippen LogP contribution in [0.3, 0.4) is 0 Å². The standard InChI is InChI=1S/C9H12ClNS/c1-6(2)12-9-5-7(11)3-4-8(9)10/h3-6H,11H2,1-2H3. The second-order valence-corrected chi connectivity index (χ2v) is 4.88. The summed E-state index contributed by atoms with van der Waals surface area (Å²) in [6, 6.07) is 5.56. The highest BCUT2D eigenvalue weighted by Gasteiger charge is 2.03. The van der Waals surface area contributed by atoms with Crippen molar-refractivity contribution < 1.29 is 0 Å². The van der Waals surface area contributed by atoms with Gasteiger partial charge in [0.05, 0.1) is 5.02 Å². The van der Waals surface area contributed by atoms with Crippen LogP contribution in [0.25, 0.3) is 0 Å². The largest absolute Gasteiger partial charge is 0.399 e. The molecule has 1 aromatic rings. The van der Waals surface area contributed by atoms with E-state index in [0.717, 1.165) is 15.6 Å². The fourth-order valence-electron chi connectivity index (χ4n) is 0.864. The lowest BCUT2D eigenvalue weighted by Crippen LogP contribution is -1.89. The summed E-state index contributed by atoms with van der Waals surface area (Å²) in [4.78, 5) is 1.06. The van der Waals surface area contributed by atoms with Gasteiger partial charge in [0.2, 0.25) is 0 Å². The van der Waals surface area contributed by atoms with Crippen LogP contribution in [0.1, 0.15) is 13.8 Å². The van der Waals surface area contributed by atoms with E-state index in [1.165, 1.54) is 0 Å². The molecule has 0 atom stereocenters. The topological polar surface area (TPSA) is 26.0 Å². The van der Waals surface area contributed by atoms with E-state index in [9.17, 15) is 0 Å². The van der Waals surface area contributed by atoms with Crippen LogP contribution >= 0.6 is 23.4 Å². The fourth-order valence-corrected chi connectivity index (χ4v) is 2.01. The van der Waals surface area contributed by atoms with Crippen molar-refractivity contribution in [3.8, 4) is 0 Å². The zero-order chi connectivity index (χ0) is 9.14. The third kappa shape index (κ3) is 2.61. The van der Waals surface area contributed by atoms with Gasteiger partial charge in [-0.2, -0.15) is 0 Å². The second-order valence-electron chi connectivity index (χ2n) is 2.86. The van der Waals surface area contributed by atoms with E-state index in [1.807, 2.05) is 18.2 Å². The van der Waals surface area contributed by atoms with Crippen molar-refractivity contribution in [2.75, 3.05) is 5.73 Å². The molecule has 1 rings (SSSR count). The molecule has 0 bridgehead atoms. The minimum Gasteiger partial charge on any atom is -0.399 e. The summed E-state index contributed by atoms with van der Waals surface area (Å²) in [5.74, 6) is 0. The molecular weight excluding hydrogens is 190 g/mol. The van der Waals surface area contributed by atoms with Gasteiger partial charge in [-0.1, -0.05) is 25.4 Å². The summed E-state index contributed by atoms with van der Waals surface area (Å²) in [6.45, 7) is 4.26. The summed E-state index contributed by atoms with van der Waals surface area (Å²) in [7, 11) is 0. The highest BCUT2D eigenvalue weighted by atomic mass is 35.5. The van der Waals surface area contributed by atoms with E-state index in [1.54, 1.807) is 11.8 Å². The predicted octanol–water partition coefficient (Wildman–Crippen LogP) is 3.42. The maximum absolute atomic E-state index is 5.96. The SMILES string of the molecule is CC(C)Sc1cc(N)ccc1Cl. The highest BCUT2D eigenvalue weighted by molar-refractivity contribution is 8.00. The number of hydrogen-bond donors (Lipinski definition) is 1. The average Bonchev–Trinajstić information content (AvgIpc) is 1.96. The molecule has 1 nitrogen and oxygen atoms in total. The molecule has 0 radical (unpaired) electrons. The van der Waals surface area contributed by atoms with Gasteiger partial charge in [0.15, 0.2) is 0 Å². The summed E-state index contributed by atoms with van der Waals surface area (Å²) in [6.07, 6.45) is 0. The molecule has 12 heavy (non-hydrogen) atoms. The summed E-state index contributed by atoms with van der Waals surface area (Å²) in [5, 5.41) is 1.31. The number of hydrogen-bond acceptors (Lipinski definition) is 2. The zero-order valence-electron chi connectivity index (χ0n) is 7.17. The van der Waals surface area contributed by atoms with Gasteiger partial charge in [-0.3, -0.25) is 0 Å². The van der Waals surface area contributed by atoms with Crippen molar-refractivity contribution >= 4 is 29.1 Å². The molecule has 0 saturated heterocycles. The van der Waals surface area contributed by atoms with Gasteiger partial charge in [0.1, 0.15) is 0 Å². The minimum atomic E-state index is 0.532. The van der Waals surface area contributed by atoms with Crippen molar-refractivity contribution in [2.45, 2.75) is 24.0 Å². The Kier molecular flexibility index (Phi) is 3.29. The van der Waals surface area contributed by atoms with Crippen molar-refractivity contribution in [3.63, 3.8) is 0 Å². The van der Waals surface area contributed by atoms with Crippen molar-refractivity contribution in [1.82, 2.24) is 0 Å². The monoisotopic (exact) mass is 201 g/mol. The van der Waals surface area contributed by atoms with Gasteiger partial charge in [0.25, 0.3) is 0 Å². The Balaban J connectivity index is 2.90. The van der Waals surface area contributed by atoms with Crippen LogP contribution in [0, 0.1) is 0 Å². The van der Waals surface area contributed by atoms with E-state index >= 15 is 0 Å². The average molecular weight is 202 g/mol. The number of anilines is 1. The molecule has 0 spiro atoms. The molecule has 0 aliphatic carbocycles. The smallest absolute Gasteiger partial charge is 0.0543 e. The van der Waals surface area contributed by atoms with Crippen molar-refractivity contribution in [3.05, 3.63) is 23.2 Å². The molecular formula is C9H12ClNS. The number of nitrogen functional groups attached to an aromatic ring is 1. The highest BCUT2D eigenvalue weighted by Crippen LogP contribution is 2.31. The first-order valence-corrected chi connectivity index (χ1v) is 5.07. The Labute approximate surface area is 82.3 Å². The Bertz CT molecular complexity index is 273. The molecule has 0 saturated carbocycles. The summed E-state index contributed by atoms with van der Waals surface area (Å²) >= 11 is 7.69. The second kappa shape index (κ2) is 4.06. The van der Waals surface area contributed by atoms with E-state index in [2.05, 4.69) is 13.8 Å². The molecule has 0 aromatic heterocycles. The Morgan fingerprint density at radius 1 is 1.42 bits per heavy atom. The first-order valence-electron chi connectivity index (χ1n) is 3.81. The fraction of sp³-hybridized carbons (Fsp3) is 0.333. The third-order valence-electron chi connectivity index (χ3n) is 1.32. The Morgan fingerprint density at radius 2 is 2.08 bits per heavy atom. The molecule has 66 valence electrons. The molecule has 2 N–H and O–H groups in total. The number of nitrogens with two attached hydrogens (primary N) is 1. The van der Waals surface area contributed by atoms with Crippen molar-refractivity contribution in [2.24, 2.45) is 0 Å². The lowest BCUT2D eigenvalue weighted by molar-refractivity contribution is 1.11. The number of rotatable bonds is 2. The lowest BCUT2D eigenvalue weighted by atomic mass is 10.3. The van der Waals surface area contributed by atoms with Gasteiger partial charge in [-0.25, -0.2) is 0 Å². The van der Waals surface area contributed by atoms with E-state index in [-0.39, 0.29) is 0 Å². The van der Waals surface area contributed by atoms with Crippen LogP contribution in [0.15, 0.2) is 23.1 Å². The Hall–Kier alpha value is -0.340. The molecule has 1 aromatic carbocycles. The lowest BCUT2D eigenvalue weighted by Gasteiger charge is -2.07. The van der Waals surface area contributed by atoms with Crippen LogP contribution in [-0.2, 0) is 0 Å². The molecule has 0 amide bonds. The van der Waals surface area contributed by atoms with Gasteiger partial charge in [0, 0.05) is 15.8 Å². The van der Waals surface area contributed by atoms with Crippen molar-refractivity contribution in [1.29, 1.82) is 0 Å². The number of benzene rings is 1. The van der Waals surface area contributed by atoms with Crippen LogP contribution in [0.2, 0.25) is 5.02 Å². The first kappa shape index (κ1) is 9.75. The molecule has 0 aliphatic rings. The predicted molar refractivity (Wildman–Crippen MR) is 56.9 cm³/mol. The van der Waals surface area contributed by atoms with Gasteiger partial charge < -0.3 is 5.73 Å². The third-order valence-corrected chi connectivity index (χ3v) is 2.82. The number of halogens is 1. The van der Waals surface area contributed by atoms with Crippen LogP contribution in [-0.4, -0.2) is 5.25 Å².